The number of hydrogen-bond acceptors (Lipinski definition) is 3. The van der Waals surface area contributed by atoms with Crippen LogP contribution in [0, 0.1) is 5.92 Å². The van der Waals surface area contributed by atoms with E-state index in [1.54, 1.807) is 0 Å². The minimum absolute atomic E-state index is 0.104. The summed E-state index contributed by atoms with van der Waals surface area (Å²) in [6, 6.07) is 7.91. The van der Waals surface area contributed by atoms with Crippen molar-refractivity contribution in [2.75, 3.05) is 37.4 Å². The highest BCUT2D eigenvalue weighted by Crippen LogP contribution is 2.18. The number of anilines is 2. The Hall–Kier alpha value is -1.55. The molecule has 1 aromatic rings. The summed E-state index contributed by atoms with van der Waals surface area (Å²) in [4.78, 5) is 14.1. The molecule has 1 saturated heterocycles. The van der Waals surface area contributed by atoms with Crippen LogP contribution in [0.2, 0.25) is 0 Å². The van der Waals surface area contributed by atoms with Gasteiger partial charge >= 0.3 is 0 Å². The molecule has 0 spiro atoms. The molecular weight excluding hydrogens is 226 g/mol. The summed E-state index contributed by atoms with van der Waals surface area (Å²) < 4.78 is 0. The van der Waals surface area contributed by atoms with E-state index in [0.29, 0.717) is 0 Å². The van der Waals surface area contributed by atoms with Gasteiger partial charge < -0.3 is 15.5 Å². The fourth-order valence-electron chi connectivity index (χ4n) is 2.16. The lowest BCUT2D eigenvalue weighted by atomic mass is 9.99. The van der Waals surface area contributed by atoms with Gasteiger partial charge in [0.15, 0.2) is 0 Å². The van der Waals surface area contributed by atoms with Crippen LogP contribution in [0.25, 0.3) is 0 Å². The third-order valence-electron chi connectivity index (χ3n) is 3.32. The fourth-order valence-corrected chi connectivity index (χ4v) is 2.16. The first-order valence-electron chi connectivity index (χ1n) is 6.46. The largest absolute Gasteiger partial charge is 0.378 e. The molecule has 4 heteroatoms. The predicted octanol–water partition coefficient (Wildman–Crippen LogP) is 1.69. The number of amides is 1. The van der Waals surface area contributed by atoms with Gasteiger partial charge in [-0.3, -0.25) is 4.79 Å². The van der Waals surface area contributed by atoms with Crippen LogP contribution in [0.15, 0.2) is 24.3 Å². The van der Waals surface area contributed by atoms with Gasteiger partial charge in [0, 0.05) is 32.0 Å². The average molecular weight is 247 g/mol. The van der Waals surface area contributed by atoms with Crippen LogP contribution in [0.1, 0.15) is 12.8 Å². The lowest BCUT2D eigenvalue weighted by Gasteiger charge is -2.22. The summed E-state index contributed by atoms with van der Waals surface area (Å²) >= 11 is 0. The van der Waals surface area contributed by atoms with E-state index in [0.717, 1.165) is 37.3 Å². The van der Waals surface area contributed by atoms with E-state index in [1.807, 2.05) is 43.3 Å². The molecule has 1 aliphatic rings. The molecule has 0 aromatic heterocycles. The fraction of sp³-hybridized carbons (Fsp3) is 0.500. The minimum atomic E-state index is 0.104. The molecular formula is C14H21N3O. The maximum Gasteiger partial charge on any atom is 0.228 e. The van der Waals surface area contributed by atoms with E-state index in [2.05, 4.69) is 10.6 Å². The van der Waals surface area contributed by atoms with E-state index in [9.17, 15) is 4.79 Å². The maximum atomic E-state index is 12.0. The smallest absolute Gasteiger partial charge is 0.228 e. The molecule has 98 valence electrons. The number of carbonyl (C=O) groups is 1. The molecule has 18 heavy (non-hydrogen) atoms. The summed E-state index contributed by atoms with van der Waals surface area (Å²) in [5, 5.41) is 6.24. The van der Waals surface area contributed by atoms with Gasteiger partial charge in [-0.25, -0.2) is 0 Å². The van der Waals surface area contributed by atoms with Gasteiger partial charge in [0.2, 0.25) is 5.91 Å². The summed E-state index contributed by atoms with van der Waals surface area (Å²) in [5.74, 6) is 0.229. The first-order chi connectivity index (χ1) is 8.66. The van der Waals surface area contributed by atoms with Crippen molar-refractivity contribution in [2.45, 2.75) is 12.8 Å². The second kappa shape index (κ2) is 5.87. The van der Waals surface area contributed by atoms with Gasteiger partial charge in [-0.15, -0.1) is 0 Å². The molecule has 2 rings (SSSR count). The van der Waals surface area contributed by atoms with E-state index >= 15 is 0 Å². The second-order valence-corrected chi connectivity index (χ2v) is 4.97. The van der Waals surface area contributed by atoms with E-state index in [1.165, 1.54) is 0 Å². The molecule has 0 aliphatic carbocycles. The van der Waals surface area contributed by atoms with Crippen LogP contribution >= 0.6 is 0 Å². The van der Waals surface area contributed by atoms with Gasteiger partial charge in [0.25, 0.3) is 0 Å². The molecule has 1 aliphatic heterocycles. The molecule has 2 N–H and O–H groups in total. The normalized spacial score (nSPS) is 19.3. The van der Waals surface area contributed by atoms with E-state index in [-0.39, 0.29) is 11.8 Å². The number of nitrogens with one attached hydrogen (secondary N) is 2. The van der Waals surface area contributed by atoms with Crippen molar-refractivity contribution in [3.05, 3.63) is 24.3 Å². The van der Waals surface area contributed by atoms with E-state index < -0.39 is 0 Å². The molecule has 0 saturated carbocycles. The molecule has 1 amide bonds. The molecule has 1 aromatic carbocycles. The Morgan fingerprint density at radius 2 is 2.06 bits per heavy atom. The van der Waals surface area contributed by atoms with Gasteiger partial charge in [0.05, 0.1) is 5.92 Å². The highest BCUT2D eigenvalue weighted by Gasteiger charge is 2.20. The number of rotatable bonds is 3. The number of nitrogens with zero attached hydrogens (tertiary/aromatic N) is 1. The standard InChI is InChI=1S/C14H21N3O/c1-17(2)13-7-5-12(6-8-13)16-14(18)11-4-3-9-15-10-11/h5-8,11,15H,3-4,9-10H2,1-2H3,(H,16,18). The molecule has 1 atom stereocenters. The van der Waals surface area contributed by atoms with Crippen LogP contribution in [-0.4, -0.2) is 33.1 Å². The number of piperidine rings is 1. The maximum absolute atomic E-state index is 12.0. The number of benzene rings is 1. The monoisotopic (exact) mass is 247 g/mol. The zero-order valence-corrected chi connectivity index (χ0v) is 11.1. The molecule has 0 bridgehead atoms. The van der Waals surface area contributed by atoms with Crippen molar-refractivity contribution in [3.8, 4) is 0 Å². The molecule has 4 nitrogen and oxygen atoms in total. The Labute approximate surface area is 108 Å². The highest BCUT2D eigenvalue weighted by molar-refractivity contribution is 5.92. The second-order valence-electron chi connectivity index (χ2n) is 4.97. The van der Waals surface area contributed by atoms with E-state index in [4.69, 9.17) is 0 Å². The van der Waals surface area contributed by atoms with Crippen LogP contribution in [0.4, 0.5) is 11.4 Å². The van der Waals surface area contributed by atoms with Gasteiger partial charge in [-0.2, -0.15) is 0 Å². The third kappa shape index (κ3) is 3.23. The van der Waals surface area contributed by atoms with Crippen molar-refractivity contribution >= 4 is 17.3 Å². The summed E-state index contributed by atoms with van der Waals surface area (Å²) in [7, 11) is 4.00. The van der Waals surface area contributed by atoms with Crippen LogP contribution in [0.5, 0.6) is 0 Å². The Morgan fingerprint density at radius 1 is 1.33 bits per heavy atom. The Balaban J connectivity index is 1.94. The molecule has 1 fully saturated rings. The Bertz CT molecular complexity index is 394. The van der Waals surface area contributed by atoms with Crippen molar-refractivity contribution in [3.63, 3.8) is 0 Å². The molecule has 1 heterocycles. The topological polar surface area (TPSA) is 44.4 Å². The average Bonchev–Trinajstić information content (AvgIpc) is 2.40. The SMILES string of the molecule is CN(C)c1ccc(NC(=O)C2CCCNC2)cc1. The minimum Gasteiger partial charge on any atom is -0.378 e. The zero-order chi connectivity index (χ0) is 13.0. The third-order valence-corrected chi connectivity index (χ3v) is 3.32. The van der Waals surface area contributed by atoms with Crippen LogP contribution in [0.3, 0.4) is 0 Å². The lowest BCUT2D eigenvalue weighted by Crippen LogP contribution is -2.37. The van der Waals surface area contributed by atoms with Gasteiger partial charge in [0.1, 0.15) is 0 Å². The van der Waals surface area contributed by atoms with Crippen molar-refractivity contribution in [1.29, 1.82) is 0 Å². The summed E-state index contributed by atoms with van der Waals surface area (Å²) in [6.07, 6.45) is 2.06. The highest BCUT2D eigenvalue weighted by atomic mass is 16.1. The molecule has 0 radical (unpaired) electrons. The van der Waals surface area contributed by atoms with Crippen molar-refractivity contribution in [2.24, 2.45) is 5.92 Å². The van der Waals surface area contributed by atoms with Gasteiger partial charge in [-0.1, -0.05) is 0 Å². The Morgan fingerprint density at radius 3 is 2.61 bits per heavy atom. The number of carbonyl (C=O) groups excluding carboxylic acids is 1. The summed E-state index contributed by atoms with van der Waals surface area (Å²) in [5.41, 5.74) is 2.00. The number of hydrogen-bond donors (Lipinski definition) is 2. The molecule has 1 unspecified atom stereocenters. The predicted molar refractivity (Wildman–Crippen MR) is 75.0 cm³/mol. The van der Waals surface area contributed by atoms with Crippen molar-refractivity contribution in [1.82, 2.24) is 5.32 Å². The first kappa shape index (κ1) is 12.9. The first-order valence-corrected chi connectivity index (χ1v) is 6.46. The van der Waals surface area contributed by atoms with Crippen LogP contribution < -0.4 is 15.5 Å². The Kier molecular flexibility index (Phi) is 4.20. The summed E-state index contributed by atoms with van der Waals surface area (Å²) in [6.45, 7) is 1.82. The lowest BCUT2D eigenvalue weighted by molar-refractivity contribution is -0.120. The van der Waals surface area contributed by atoms with Crippen molar-refractivity contribution < 1.29 is 4.79 Å². The quantitative estimate of drug-likeness (QED) is 0.854. The van der Waals surface area contributed by atoms with Crippen LogP contribution in [-0.2, 0) is 4.79 Å². The zero-order valence-electron chi connectivity index (χ0n) is 11.1. The van der Waals surface area contributed by atoms with Gasteiger partial charge in [-0.05, 0) is 43.7 Å².